The molecule has 0 spiro atoms. The van der Waals surface area contributed by atoms with E-state index in [1.54, 1.807) is 0 Å². The largest absolute Gasteiger partial charge is 0.354 e. The lowest BCUT2D eigenvalue weighted by Gasteiger charge is -2.24. The van der Waals surface area contributed by atoms with Crippen molar-refractivity contribution in [3.05, 3.63) is 53.3 Å². The molecule has 0 bridgehead atoms. The van der Waals surface area contributed by atoms with Crippen LogP contribution in [0.3, 0.4) is 0 Å². The Labute approximate surface area is 156 Å². The summed E-state index contributed by atoms with van der Waals surface area (Å²) in [5, 5.41) is 7.67. The van der Waals surface area contributed by atoms with Crippen LogP contribution in [0, 0.1) is 19.8 Å². The highest BCUT2D eigenvalue weighted by atomic mass is 16.2. The van der Waals surface area contributed by atoms with Gasteiger partial charge in [-0.15, -0.1) is 0 Å². The van der Waals surface area contributed by atoms with Crippen LogP contribution in [-0.4, -0.2) is 39.7 Å². The number of rotatable bonds is 7. The van der Waals surface area contributed by atoms with Crippen LogP contribution in [0.5, 0.6) is 0 Å². The number of benzene rings is 1. The van der Waals surface area contributed by atoms with Crippen molar-refractivity contribution in [2.45, 2.75) is 52.7 Å². The number of aryl methyl sites for hydroxylation is 2. The summed E-state index contributed by atoms with van der Waals surface area (Å²) in [4.78, 5) is 15.0. The number of carbonyl (C=O) groups is 1. The van der Waals surface area contributed by atoms with Crippen LogP contribution in [0.4, 0.5) is 0 Å². The van der Waals surface area contributed by atoms with Crippen molar-refractivity contribution in [3.8, 4) is 0 Å². The van der Waals surface area contributed by atoms with Crippen LogP contribution in [0.2, 0.25) is 0 Å². The Morgan fingerprint density at radius 2 is 2.08 bits per heavy atom. The number of hydrogen-bond donors (Lipinski definition) is 1. The number of likely N-dealkylation sites (tertiary alicyclic amines) is 1. The first-order valence-electron chi connectivity index (χ1n) is 9.59. The fraction of sp³-hybridized carbons (Fsp3) is 0.524. The summed E-state index contributed by atoms with van der Waals surface area (Å²) in [5.41, 5.74) is 3.48. The molecule has 0 radical (unpaired) electrons. The lowest BCUT2D eigenvalue weighted by Crippen LogP contribution is -2.44. The summed E-state index contributed by atoms with van der Waals surface area (Å²) in [6.45, 7) is 9.61. The van der Waals surface area contributed by atoms with Gasteiger partial charge in [0.2, 0.25) is 5.91 Å². The van der Waals surface area contributed by atoms with Crippen LogP contribution in [0.15, 0.2) is 36.4 Å². The van der Waals surface area contributed by atoms with Crippen LogP contribution >= 0.6 is 0 Å². The zero-order valence-corrected chi connectivity index (χ0v) is 16.1. The van der Waals surface area contributed by atoms with Gasteiger partial charge in [0, 0.05) is 25.3 Å². The Hall–Kier alpha value is -2.14. The van der Waals surface area contributed by atoms with Gasteiger partial charge < -0.3 is 5.32 Å². The quantitative estimate of drug-likeness (QED) is 0.832. The van der Waals surface area contributed by atoms with Gasteiger partial charge in [0.05, 0.1) is 11.7 Å². The fourth-order valence-corrected chi connectivity index (χ4v) is 3.74. The van der Waals surface area contributed by atoms with E-state index in [9.17, 15) is 4.79 Å². The predicted octanol–water partition coefficient (Wildman–Crippen LogP) is 2.92. The Bertz CT molecular complexity index is 725. The van der Waals surface area contributed by atoms with Crippen molar-refractivity contribution >= 4 is 5.91 Å². The van der Waals surface area contributed by atoms with E-state index in [1.165, 1.54) is 11.3 Å². The third-order valence-corrected chi connectivity index (χ3v) is 5.11. The number of hydrogen-bond acceptors (Lipinski definition) is 3. The fourth-order valence-electron chi connectivity index (χ4n) is 3.74. The second kappa shape index (κ2) is 8.49. The summed E-state index contributed by atoms with van der Waals surface area (Å²) in [6.07, 6.45) is 2.04. The van der Waals surface area contributed by atoms with E-state index in [-0.39, 0.29) is 11.9 Å². The van der Waals surface area contributed by atoms with Crippen LogP contribution in [-0.2, 0) is 17.9 Å². The van der Waals surface area contributed by atoms with Gasteiger partial charge in [-0.25, -0.2) is 0 Å². The summed E-state index contributed by atoms with van der Waals surface area (Å²) in [7, 11) is 0. The van der Waals surface area contributed by atoms with Crippen molar-refractivity contribution in [1.82, 2.24) is 20.0 Å². The van der Waals surface area contributed by atoms with Crippen LogP contribution < -0.4 is 5.32 Å². The number of aromatic nitrogens is 2. The molecular weight excluding hydrogens is 324 g/mol. The minimum atomic E-state index is -0.00362. The van der Waals surface area contributed by atoms with Gasteiger partial charge in [0.25, 0.3) is 0 Å². The molecule has 1 saturated heterocycles. The SMILES string of the molecule is Cc1cc(C)n(CC(C)CNC(=O)C2CCCN2Cc2ccccc2)n1. The van der Waals surface area contributed by atoms with E-state index in [0.717, 1.165) is 38.2 Å². The van der Waals surface area contributed by atoms with Gasteiger partial charge in [-0.1, -0.05) is 37.3 Å². The molecule has 1 amide bonds. The molecule has 1 aliphatic heterocycles. The second-order valence-electron chi connectivity index (χ2n) is 7.57. The standard InChI is InChI=1S/C21H30N4O/c1-16(14-25-18(3)12-17(2)23-25)13-22-21(26)20-10-7-11-24(20)15-19-8-5-4-6-9-19/h4-6,8-9,12,16,20H,7,10-11,13-15H2,1-3H3,(H,22,26). The molecule has 2 aromatic rings. The predicted molar refractivity (Wildman–Crippen MR) is 104 cm³/mol. The Morgan fingerprint density at radius 1 is 1.31 bits per heavy atom. The molecule has 0 saturated carbocycles. The maximum absolute atomic E-state index is 12.7. The normalized spacial score (nSPS) is 18.8. The Morgan fingerprint density at radius 3 is 2.77 bits per heavy atom. The van der Waals surface area contributed by atoms with Gasteiger partial charge in [0.1, 0.15) is 0 Å². The third-order valence-electron chi connectivity index (χ3n) is 5.11. The van der Waals surface area contributed by atoms with Crippen molar-refractivity contribution in [1.29, 1.82) is 0 Å². The average Bonchev–Trinajstić information content (AvgIpc) is 3.20. The zero-order chi connectivity index (χ0) is 18.5. The smallest absolute Gasteiger partial charge is 0.237 e. The summed E-state index contributed by atoms with van der Waals surface area (Å²) >= 11 is 0. The van der Waals surface area contributed by atoms with Crippen molar-refractivity contribution in [2.75, 3.05) is 13.1 Å². The first-order valence-corrected chi connectivity index (χ1v) is 9.59. The average molecular weight is 354 g/mol. The maximum atomic E-state index is 12.7. The first kappa shape index (κ1) is 18.6. The summed E-state index contributed by atoms with van der Waals surface area (Å²) in [5.74, 6) is 0.513. The second-order valence-corrected chi connectivity index (χ2v) is 7.57. The molecule has 26 heavy (non-hydrogen) atoms. The van der Waals surface area contributed by atoms with Gasteiger partial charge in [0.15, 0.2) is 0 Å². The molecular formula is C21H30N4O. The number of amides is 1. The summed E-state index contributed by atoms with van der Waals surface area (Å²) < 4.78 is 2.03. The van der Waals surface area contributed by atoms with Crippen molar-refractivity contribution in [2.24, 2.45) is 5.92 Å². The molecule has 1 fully saturated rings. The van der Waals surface area contributed by atoms with Gasteiger partial charge >= 0.3 is 0 Å². The van der Waals surface area contributed by atoms with Gasteiger partial charge in [-0.2, -0.15) is 5.10 Å². The molecule has 3 rings (SSSR count). The zero-order valence-electron chi connectivity index (χ0n) is 16.1. The lowest BCUT2D eigenvalue weighted by molar-refractivity contribution is -0.125. The highest BCUT2D eigenvalue weighted by Gasteiger charge is 2.30. The molecule has 2 unspecified atom stereocenters. The number of nitrogens with zero attached hydrogens (tertiary/aromatic N) is 3. The third kappa shape index (κ3) is 4.73. The molecule has 1 aromatic carbocycles. The highest BCUT2D eigenvalue weighted by Crippen LogP contribution is 2.20. The van der Waals surface area contributed by atoms with E-state index < -0.39 is 0 Å². The molecule has 5 nitrogen and oxygen atoms in total. The number of carbonyl (C=O) groups excluding carboxylic acids is 1. The Kier molecular flexibility index (Phi) is 6.09. The van der Waals surface area contributed by atoms with E-state index in [4.69, 9.17) is 0 Å². The van der Waals surface area contributed by atoms with E-state index in [2.05, 4.69) is 59.5 Å². The maximum Gasteiger partial charge on any atom is 0.237 e. The van der Waals surface area contributed by atoms with Crippen molar-refractivity contribution in [3.63, 3.8) is 0 Å². The van der Waals surface area contributed by atoms with E-state index in [1.807, 2.05) is 17.7 Å². The molecule has 2 heterocycles. The minimum absolute atomic E-state index is 0.00362. The molecule has 1 N–H and O–H groups in total. The van der Waals surface area contributed by atoms with E-state index in [0.29, 0.717) is 12.5 Å². The number of nitrogens with one attached hydrogen (secondary N) is 1. The molecule has 1 aromatic heterocycles. The highest BCUT2D eigenvalue weighted by molar-refractivity contribution is 5.82. The first-order chi connectivity index (χ1) is 12.5. The Balaban J connectivity index is 1.49. The van der Waals surface area contributed by atoms with Gasteiger partial charge in [-0.3, -0.25) is 14.4 Å². The molecule has 5 heteroatoms. The van der Waals surface area contributed by atoms with Crippen LogP contribution in [0.25, 0.3) is 0 Å². The molecule has 140 valence electrons. The monoisotopic (exact) mass is 354 g/mol. The topological polar surface area (TPSA) is 50.2 Å². The summed E-state index contributed by atoms with van der Waals surface area (Å²) in [6, 6.07) is 12.5. The van der Waals surface area contributed by atoms with Crippen LogP contribution in [0.1, 0.15) is 36.7 Å². The van der Waals surface area contributed by atoms with E-state index >= 15 is 0 Å². The lowest BCUT2D eigenvalue weighted by atomic mass is 10.1. The molecule has 2 atom stereocenters. The van der Waals surface area contributed by atoms with Gasteiger partial charge in [-0.05, 0) is 50.8 Å². The molecule has 0 aliphatic carbocycles. The molecule has 1 aliphatic rings. The van der Waals surface area contributed by atoms with Crippen molar-refractivity contribution < 1.29 is 4.79 Å². The minimum Gasteiger partial charge on any atom is -0.354 e.